The van der Waals surface area contributed by atoms with Crippen molar-refractivity contribution in [3.63, 3.8) is 0 Å². The van der Waals surface area contributed by atoms with Gasteiger partial charge in [0.05, 0.1) is 0 Å². The molecule has 0 bridgehead atoms. The van der Waals surface area contributed by atoms with Gasteiger partial charge in [0, 0.05) is 32.7 Å². The van der Waals surface area contributed by atoms with Crippen LogP contribution in [-0.4, -0.2) is 0 Å². The minimum Gasteiger partial charge on any atom is -0.304 e. The molecule has 5 aliphatic rings. The van der Waals surface area contributed by atoms with Crippen molar-refractivity contribution in [3.8, 4) is 0 Å². The molecule has 0 N–H and O–H groups in total. The van der Waals surface area contributed by atoms with Gasteiger partial charge in [0.2, 0.25) is 0 Å². The van der Waals surface area contributed by atoms with Crippen LogP contribution in [0.15, 0.2) is 0 Å². The molecule has 10 atom stereocenters. The molecule has 0 saturated heterocycles. The summed E-state index contributed by atoms with van der Waals surface area (Å²) >= 11 is 0. The van der Waals surface area contributed by atoms with Crippen LogP contribution < -0.4 is 0 Å². The van der Waals surface area contributed by atoms with Crippen molar-refractivity contribution in [2.24, 2.45) is 68.5 Å². The SMILES string of the molecule is CC1CC2C(C)(CCC3C(C)(C)C(C)CCC32C)C2CCC3(C)C(C)CC(C)(C)CC3[C-]12.[Y]. The van der Waals surface area contributed by atoms with E-state index in [9.17, 15) is 0 Å². The van der Waals surface area contributed by atoms with Gasteiger partial charge in [-0.2, -0.15) is 17.8 Å². The fourth-order valence-electron chi connectivity index (χ4n) is 11.7. The maximum atomic E-state index is 2.79. The van der Waals surface area contributed by atoms with Gasteiger partial charge >= 0.3 is 0 Å². The molecule has 187 valence electrons. The summed E-state index contributed by atoms with van der Waals surface area (Å²) in [6, 6.07) is 0. The number of rotatable bonds is 0. The van der Waals surface area contributed by atoms with E-state index in [0.717, 1.165) is 41.4 Å². The zero-order chi connectivity index (χ0) is 23.5. The van der Waals surface area contributed by atoms with Crippen molar-refractivity contribution in [2.75, 3.05) is 0 Å². The molecular weight excluding hydrogens is 473 g/mol. The smallest absolute Gasteiger partial charge is 0 e. The summed E-state index contributed by atoms with van der Waals surface area (Å²) in [5.41, 5.74) is 2.69. The van der Waals surface area contributed by atoms with Gasteiger partial charge in [0.15, 0.2) is 0 Å². The Morgan fingerprint density at radius 3 is 1.88 bits per heavy atom. The molecule has 33 heavy (non-hydrogen) atoms. The van der Waals surface area contributed by atoms with E-state index in [0.29, 0.717) is 27.1 Å². The Kier molecular flexibility index (Phi) is 6.83. The Balaban J connectivity index is 0.00000259. The van der Waals surface area contributed by atoms with Crippen molar-refractivity contribution in [3.05, 3.63) is 5.92 Å². The van der Waals surface area contributed by atoms with Gasteiger partial charge in [0.1, 0.15) is 0 Å². The average Bonchev–Trinajstić information content (AvgIpc) is 2.67. The molecule has 0 spiro atoms. The van der Waals surface area contributed by atoms with Gasteiger partial charge < -0.3 is 5.92 Å². The fourth-order valence-corrected chi connectivity index (χ4v) is 11.7. The normalized spacial score (nSPS) is 55.3. The van der Waals surface area contributed by atoms with Crippen molar-refractivity contribution in [1.29, 1.82) is 0 Å². The topological polar surface area (TPSA) is 0 Å². The number of hydrogen-bond acceptors (Lipinski definition) is 0. The molecule has 0 heterocycles. The molecule has 0 aromatic rings. The van der Waals surface area contributed by atoms with E-state index >= 15 is 0 Å². The summed E-state index contributed by atoms with van der Waals surface area (Å²) in [6.45, 7) is 26.5. The van der Waals surface area contributed by atoms with Gasteiger partial charge in [-0.3, -0.25) is 0 Å². The third-order valence-electron chi connectivity index (χ3n) is 13.9. The summed E-state index contributed by atoms with van der Waals surface area (Å²) in [7, 11) is 0. The molecule has 1 radical (unpaired) electrons. The second kappa shape index (κ2) is 8.30. The van der Waals surface area contributed by atoms with Crippen LogP contribution in [-0.2, 0) is 32.7 Å². The summed E-state index contributed by atoms with van der Waals surface area (Å²) in [5.74, 6) is 8.29. The number of fused-ring (bicyclic) bond motifs is 7. The van der Waals surface area contributed by atoms with Gasteiger partial charge in [-0.25, -0.2) is 0 Å². The molecule has 5 fully saturated rings. The molecule has 0 amide bonds. The Hall–Kier alpha value is 1.10. The van der Waals surface area contributed by atoms with E-state index in [1.807, 2.05) is 0 Å². The second-order valence-electron chi connectivity index (χ2n) is 16.2. The van der Waals surface area contributed by atoms with E-state index < -0.39 is 0 Å². The maximum absolute atomic E-state index is 2.79. The molecular formula is C32H55Y-. The summed E-state index contributed by atoms with van der Waals surface area (Å²) in [4.78, 5) is 0. The Labute approximate surface area is 232 Å². The minimum absolute atomic E-state index is 0. The third kappa shape index (κ3) is 3.69. The predicted molar refractivity (Wildman–Crippen MR) is 138 cm³/mol. The first kappa shape index (κ1) is 27.1. The van der Waals surface area contributed by atoms with Crippen LogP contribution in [0.2, 0.25) is 0 Å². The van der Waals surface area contributed by atoms with Gasteiger partial charge in [0.25, 0.3) is 0 Å². The molecule has 5 rings (SSSR count). The van der Waals surface area contributed by atoms with E-state index in [1.54, 1.807) is 0 Å². The summed E-state index contributed by atoms with van der Waals surface area (Å²) in [5, 5.41) is 0. The van der Waals surface area contributed by atoms with Crippen molar-refractivity contribution < 1.29 is 32.7 Å². The van der Waals surface area contributed by atoms with E-state index in [4.69, 9.17) is 0 Å². The first-order valence-corrected chi connectivity index (χ1v) is 14.5. The molecule has 1 heteroatoms. The zero-order valence-electron chi connectivity index (χ0n) is 24.0. The third-order valence-corrected chi connectivity index (χ3v) is 13.9. The van der Waals surface area contributed by atoms with Gasteiger partial charge in [-0.15, -0.1) is 0 Å². The van der Waals surface area contributed by atoms with E-state index in [1.165, 1.54) is 57.8 Å². The van der Waals surface area contributed by atoms with Crippen LogP contribution in [0.5, 0.6) is 0 Å². The minimum atomic E-state index is 0. The largest absolute Gasteiger partial charge is 0.304 e. The Morgan fingerprint density at radius 2 is 1.21 bits per heavy atom. The quantitative estimate of drug-likeness (QED) is 0.275. The maximum Gasteiger partial charge on any atom is 0 e. The van der Waals surface area contributed by atoms with Crippen LogP contribution in [0.1, 0.15) is 127 Å². The van der Waals surface area contributed by atoms with Gasteiger partial charge in [-0.1, -0.05) is 106 Å². The Bertz CT molecular complexity index is 752. The zero-order valence-corrected chi connectivity index (χ0v) is 26.8. The van der Waals surface area contributed by atoms with Gasteiger partial charge in [-0.05, 0) is 72.0 Å². The van der Waals surface area contributed by atoms with Crippen LogP contribution in [0, 0.1) is 74.4 Å². The van der Waals surface area contributed by atoms with Crippen molar-refractivity contribution >= 4 is 0 Å². The molecule has 0 nitrogen and oxygen atoms in total. The molecule has 10 unspecified atom stereocenters. The van der Waals surface area contributed by atoms with Crippen LogP contribution >= 0.6 is 0 Å². The first-order chi connectivity index (χ1) is 14.7. The standard InChI is InChI=1S/C32H55.Y/c1-20-17-26-31(9,16-13-25-29(6,7)21(2)11-14-32(25,26)10)23-12-15-30(8)22(3)18-28(4,5)19-24(30)27(20)23;/h20-26H,11-19H2,1-10H3;/q-1;. The first-order valence-electron chi connectivity index (χ1n) is 14.5. The molecule has 5 aliphatic carbocycles. The van der Waals surface area contributed by atoms with Crippen LogP contribution in [0.3, 0.4) is 0 Å². The fraction of sp³-hybridized carbons (Fsp3) is 0.969. The van der Waals surface area contributed by atoms with E-state index in [-0.39, 0.29) is 32.7 Å². The number of hydrogen-bond donors (Lipinski definition) is 0. The Morgan fingerprint density at radius 1 is 0.606 bits per heavy atom. The van der Waals surface area contributed by atoms with Crippen molar-refractivity contribution in [1.82, 2.24) is 0 Å². The average molecular weight is 529 g/mol. The van der Waals surface area contributed by atoms with Crippen molar-refractivity contribution in [2.45, 2.75) is 127 Å². The monoisotopic (exact) mass is 528 g/mol. The van der Waals surface area contributed by atoms with Crippen LogP contribution in [0.4, 0.5) is 0 Å². The van der Waals surface area contributed by atoms with E-state index in [2.05, 4.69) is 75.2 Å². The summed E-state index contributed by atoms with van der Waals surface area (Å²) in [6.07, 6.45) is 13.3. The molecule has 5 saturated carbocycles. The molecule has 0 aromatic carbocycles. The molecule has 0 aliphatic heterocycles. The molecule has 0 aromatic heterocycles. The second-order valence-corrected chi connectivity index (χ2v) is 16.2. The summed E-state index contributed by atoms with van der Waals surface area (Å²) < 4.78 is 0. The predicted octanol–water partition coefficient (Wildman–Crippen LogP) is 9.58. The van der Waals surface area contributed by atoms with Crippen LogP contribution in [0.25, 0.3) is 0 Å².